The highest BCUT2D eigenvalue weighted by molar-refractivity contribution is 5.77. The van der Waals surface area contributed by atoms with Crippen LogP contribution in [-0.4, -0.2) is 28.3 Å². The third-order valence-electron chi connectivity index (χ3n) is 4.41. The van der Waals surface area contributed by atoms with E-state index in [4.69, 9.17) is 0 Å². The Kier molecular flexibility index (Phi) is 5.23. The number of aromatic hydroxyl groups is 1. The SMILES string of the molecule is CC1CCCC(CO)(NC(=O)CCc2ccccc2O)C1. The molecule has 21 heavy (non-hydrogen) atoms. The fourth-order valence-corrected chi connectivity index (χ4v) is 3.29. The summed E-state index contributed by atoms with van der Waals surface area (Å²) in [6, 6.07) is 7.08. The number of nitrogens with one attached hydrogen (secondary N) is 1. The number of phenols is 1. The summed E-state index contributed by atoms with van der Waals surface area (Å²) >= 11 is 0. The number of amides is 1. The van der Waals surface area contributed by atoms with E-state index in [-0.39, 0.29) is 18.3 Å². The van der Waals surface area contributed by atoms with Gasteiger partial charge in [-0.1, -0.05) is 38.0 Å². The molecule has 3 N–H and O–H groups in total. The van der Waals surface area contributed by atoms with Crippen molar-refractivity contribution in [3.8, 4) is 5.75 Å². The van der Waals surface area contributed by atoms with Gasteiger partial charge >= 0.3 is 0 Å². The van der Waals surface area contributed by atoms with Crippen LogP contribution in [0.4, 0.5) is 0 Å². The average molecular weight is 291 g/mol. The summed E-state index contributed by atoms with van der Waals surface area (Å²) in [5.74, 6) is 0.708. The maximum Gasteiger partial charge on any atom is 0.220 e. The zero-order chi connectivity index (χ0) is 15.3. The molecule has 1 aliphatic carbocycles. The van der Waals surface area contributed by atoms with E-state index in [1.165, 1.54) is 0 Å². The molecule has 1 saturated carbocycles. The molecule has 0 spiro atoms. The molecule has 1 aromatic carbocycles. The van der Waals surface area contributed by atoms with E-state index >= 15 is 0 Å². The molecule has 116 valence electrons. The van der Waals surface area contributed by atoms with Gasteiger partial charge < -0.3 is 15.5 Å². The Bertz CT molecular complexity index is 489. The standard InChI is InChI=1S/C17H25NO3/c1-13-5-4-10-17(11-13,12-19)18-16(21)9-8-14-6-2-3-7-15(14)20/h2-3,6-7,13,19-20H,4-5,8-12H2,1H3,(H,18,21). The van der Waals surface area contributed by atoms with Gasteiger partial charge in [0.05, 0.1) is 12.1 Å². The maximum absolute atomic E-state index is 12.2. The van der Waals surface area contributed by atoms with Crippen LogP contribution in [0.25, 0.3) is 0 Å². The van der Waals surface area contributed by atoms with Gasteiger partial charge in [-0.25, -0.2) is 0 Å². The number of benzene rings is 1. The lowest BCUT2D eigenvalue weighted by molar-refractivity contribution is -0.124. The van der Waals surface area contributed by atoms with Crippen molar-refractivity contribution in [3.05, 3.63) is 29.8 Å². The first-order chi connectivity index (χ1) is 10.0. The van der Waals surface area contributed by atoms with Crippen LogP contribution in [0.3, 0.4) is 0 Å². The van der Waals surface area contributed by atoms with Gasteiger partial charge in [0.25, 0.3) is 0 Å². The number of aliphatic hydroxyl groups is 1. The van der Waals surface area contributed by atoms with E-state index in [0.717, 1.165) is 31.2 Å². The fraction of sp³-hybridized carbons (Fsp3) is 0.588. The van der Waals surface area contributed by atoms with Crippen LogP contribution in [0.15, 0.2) is 24.3 Å². The van der Waals surface area contributed by atoms with Gasteiger partial charge in [0, 0.05) is 6.42 Å². The molecule has 2 atom stereocenters. The molecular weight excluding hydrogens is 266 g/mol. The Labute approximate surface area is 126 Å². The van der Waals surface area contributed by atoms with Crippen LogP contribution >= 0.6 is 0 Å². The van der Waals surface area contributed by atoms with Crippen molar-refractivity contribution in [1.29, 1.82) is 0 Å². The normalized spacial score (nSPS) is 25.5. The van der Waals surface area contributed by atoms with E-state index in [2.05, 4.69) is 12.2 Å². The lowest BCUT2D eigenvalue weighted by atomic mass is 9.76. The Morgan fingerprint density at radius 3 is 2.86 bits per heavy atom. The molecule has 2 rings (SSSR count). The highest BCUT2D eigenvalue weighted by Crippen LogP contribution is 2.32. The number of phenolic OH excluding ortho intramolecular Hbond substituents is 1. The predicted molar refractivity (Wildman–Crippen MR) is 82.0 cm³/mol. The van der Waals surface area contributed by atoms with Crippen molar-refractivity contribution in [1.82, 2.24) is 5.32 Å². The molecule has 0 saturated heterocycles. The third-order valence-corrected chi connectivity index (χ3v) is 4.41. The molecule has 0 bridgehead atoms. The Morgan fingerprint density at radius 2 is 2.19 bits per heavy atom. The van der Waals surface area contributed by atoms with Gasteiger partial charge in [-0.2, -0.15) is 0 Å². The zero-order valence-corrected chi connectivity index (χ0v) is 12.6. The van der Waals surface area contributed by atoms with Gasteiger partial charge in [0.1, 0.15) is 5.75 Å². The molecule has 0 heterocycles. The molecule has 0 aromatic heterocycles. The number of aliphatic hydroxyl groups excluding tert-OH is 1. The molecular formula is C17H25NO3. The average Bonchev–Trinajstić information content (AvgIpc) is 2.46. The molecule has 0 aliphatic heterocycles. The van der Waals surface area contributed by atoms with E-state index in [1.807, 2.05) is 12.1 Å². The Hall–Kier alpha value is -1.55. The monoisotopic (exact) mass is 291 g/mol. The minimum absolute atomic E-state index is 0.000330. The summed E-state index contributed by atoms with van der Waals surface area (Å²) in [4.78, 5) is 12.2. The van der Waals surface area contributed by atoms with Crippen molar-refractivity contribution >= 4 is 5.91 Å². The summed E-state index contributed by atoms with van der Waals surface area (Å²) in [5, 5.41) is 22.4. The first kappa shape index (κ1) is 15.8. The van der Waals surface area contributed by atoms with Crippen LogP contribution < -0.4 is 5.32 Å². The molecule has 0 radical (unpaired) electrons. The van der Waals surface area contributed by atoms with Crippen molar-refractivity contribution in [2.24, 2.45) is 5.92 Å². The quantitative estimate of drug-likeness (QED) is 0.780. The predicted octanol–water partition coefficient (Wildman–Crippen LogP) is 2.38. The number of carbonyl (C=O) groups excluding carboxylic acids is 1. The van der Waals surface area contributed by atoms with E-state index < -0.39 is 5.54 Å². The van der Waals surface area contributed by atoms with Crippen molar-refractivity contribution in [2.75, 3.05) is 6.61 Å². The maximum atomic E-state index is 12.2. The highest BCUT2D eigenvalue weighted by Gasteiger charge is 2.35. The third kappa shape index (κ3) is 4.21. The summed E-state index contributed by atoms with van der Waals surface area (Å²) in [7, 11) is 0. The second-order valence-electron chi connectivity index (χ2n) is 6.32. The second kappa shape index (κ2) is 6.94. The van der Waals surface area contributed by atoms with E-state index in [9.17, 15) is 15.0 Å². The van der Waals surface area contributed by atoms with Gasteiger partial charge in [-0.3, -0.25) is 4.79 Å². The molecule has 1 aliphatic rings. The van der Waals surface area contributed by atoms with E-state index in [0.29, 0.717) is 18.8 Å². The van der Waals surface area contributed by atoms with Gasteiger partial charge in [-0.15, -0.1) is 0 Å². The largest absolute Gasteiger partial charge is 0.508 e. The summed E-state index contributed by atoms with van der Waals surface area (Å²) < 4.78 is 0. The summed E-state index contributed by atoms with van der Waals surface area (Å²) in [6.07, 6.45) is 4.72. The molecule has 1 aromatic rings. The van der Waals surface area contributed by atoms with Crippen LogP contribution in [0, 0.1) is 5.92 Å². The lowest BCUT2D eigenvalue weighted by Crippen LogP contribution is -2.53. The smallest absolute Gasteiger partial charge is 0.220 e. The summed E-state index contributed by atoms with van der Waals surface area (Å²) in [6.45, 7) is 2.16. The minimum atomic E-state index is -0.451. The number of hydrogen-bond donors (Lipinski definition) is 3. The number of carbonyl (C=O) groups is 1. The van der Waals surface area contributed by atoms with Gasteiger partial charge in [0.15, 0.2) is 0 Å². The molecule has 4 heteroatoms. The highest BCUT2D eigenvalue weighted by atomic mass is 16.3. The Morgan fingerprint density at radius 1 is 1.43 bits per heavy atom. The van der Waals surface area contributed by atoms with Crippen molar-refractivity contribution in [2.45, 2.75) is 51.0 Å². The fourth-order valence-electron chi connectivity index (χ4n) is 3.29. The minimum Gasteiger partial charge on any atom is -0.508 e. The molecule has 4 nitrogen and oxygen atoms in total. The first-order valence-corrected chi connectivity index (χ1v) is 7.73. The van der Waals surface area contributed by atoms with Gasteiger partial charge in [-0.05, 0) is 36.8 Å². The van der Waals surface area contributed by atoms with E-state index in [1.54, 1.807) is 12.1 Å². The van der Waals surface area contributed by atoms with Crippen molar-refractivity contribution < 1.29 is 15.0 Å². The number of aryl methyl sites for hydroxylation is 1. The molecule has 1 fully saturated rings. The number of para-hydroxylation sites is 1. The van der Waals surface area contributed by atoms with Crippen LogP contribution in [0.1, 0.15) is 44.6 Å². The van der Waals surface area contributed by atoms with Crippen LogP contribution in [-0.2, 0) is 11.2 Å². The molecule has 2 unspecified atom stereocenters. The van der Waals surface area contributed by atoms with Crippen LogP contribution in [0.5, 0.6) is 5.75 Å². The number of rotatable bonds is 5. The number of hydrogen-bond acceptors (Lipinski definition) is 3. The van der Waals surface area contributed by atoms with Gasteiger partial charge in [0.2, 0.25) is 5.91 Å². The topological polar surface area (TPSA) is 69.6 Å². The zero-order valence-electron chi connectivity index (χ0n) is 12.6. The first-order valence-electron chi connectivity index (χ1n) is 7.73. The molecule has 1 amide bonds. The summed E-state index contributed by atoms with van der Waals surface area (Å²) in [5.41, 5.74) is 0.329. The Balaban J connectivity index is 1.90. The van der Waals surface area contributed by atoms with Crippen molar-refractivity contribution in [3.63, 3.8) is 0 Å². The second-order valence-corrected chi connectivity index (χ2v) is 6.32. The van der Waals surface area contributed by atoms with Crippen LogP contribution in [0.2, 0.25) is 0 Å². The lowest BCUT2D eigenvalue weighted by Gasteiger charge is -2.39.